The van der Waals surface area contributed by atoms with E-state index in [0.29, 0.717) is 23.8 Å². The molecule has 2 aromatic carbocycles. The van der Waals surface area contributed by atoms with Crippen LogP contribution in [0.2, 0.25) is 0 Å². The summed E-state index contributed by atoms with van der Waals surface area (Å²) in [6.07, 6.45) is 6.36. The average molecular weight is 450 g/mol. The minimum absolute atomic E-state index is 0.162. The van der Waals surface area contributed by atoms with Gasteiger partial charge < -0.3 is 4.74 Å². The van der Waals surface area contributed by atoms with Gasteiger partial charge in [-0.15, -0.1) is 13.2 Å². The van der Waals surface area contributed by atoms with E-state index in [1.807, 2.05) is 0 Å². The second-order valence-corrected chi connectivity index (χ2v) is 8.88. The Morgan fingerprint density at radius 3 is 2.50 bits per heavy atom. The smallest absolute Gasteiger partial charge is 0.406 e. The van der Waals surface area contributed by atoms with Crippen molar-refractivity contribution in [2.75, 3.05) is 0 Å². The Morgan fingerprint density at radius 2 is 1.81 bits per heavy atom. The summed E-state index contributed by atoms with van der Waals surface area (Å²) in [6.45, 7) is 2.15. The summed E-state index contributed by atoms with van der Waals surface area (Å²) in [6, 6.07) is 6.12. The lowest BCUT2D eigenvalue weighted by atomic mass is 9.65. The number of rotatable bonds is 5. The van der Waals surface area contributed by atoms with Crippen LogP contribution in [-0.4, -0.2) is 6.36 Å². The Balaban J connectivity index is 1.58. The molecule has 1 fully saturated rings. The second kappa shape index (κ2) is 9.24. The zero-order valence-corrected chi connectivity index (χ0v) is 18.0. The van der Waals surface area contributed by atoms with Gasteiger partial charge in [-0.1, -0.05) is 37.6 Å². The molecular weight excluding hydrogens is 423 g/mol. The van der Waals surface area contributed by atoms with Gasteiger partial charge in [-0.2, -0.15) is 0 Å². The molecule has 2 aromatic rings. The first-order valence-electron chi connectivity index (χ1n) is 11.3. The van der Waals surface area contributed by atoms with E-state index in [0.717, 1.165) is 56.2 Å². The molecule has 6 heteroatoms. The van der Waals surface area contributed by atoms with Crippen molar-refractivity contribution in [1.82, 2.24) is 0 Å². The highest BCUT2D eigenvalue weighted by Crippen LogP contribution is 2.49. The van der Waals surface area contributed by atoms with Crippen LogP contribution >= 0.6 is 0 Å². The molecule has 1 nitrogen and oxygen atoms in total. The molecule has 172 valence electrons. The van der Waals surface area contributed by atoms with Crippen molar-refractivity contribution in [2.45, 2.75) is 64.1 Å². The van der Waals surface area contributed by atoms with Crippen molar-refractivity contribution < 1.29 is 26.7 Å². The molecule has 3 atom stereocenters. The Kier molecular flexibility index (Phi) is 6.59. The summed E-state index contributed by atoms with van der Waals surface area (Å²) < 4.78 is 71.5. The number of benzene rings is 2. The standard InChI is InChI=1S/C26H27F5O/c1-2-3-4-5-16-6-12-20-18(14-16)9-13-21-22(20)15-23(27)24(25(21)28)17-7-10-19(11-8-17)32-26(29,30)31/h4-5,7-8,10-11,15-16,18,20H,2-3,6,9,12-14H2,1H3/b5-4+/t16-,18-,20+/m1/s1. The third-order valence-electron chi connectivity index (χ3n) is 6.78. The topological polar surface area (TPSA) is 9.23 Å². The fourth-order valence-corrected chi connectivity index (χ4v) is 5.34. The van der Waals surface area contributed by atoms with Crippen molar-refractivity contribution >= 4 is 0 Å². The van der Waals surface area contributed by atoms with Gasteiger partial charge in [0.15, 0.2) is 0 Å². The van der Waals surface area contributed by atoms with Gasteiger partial charge in [0.05, 0.1) is 5.56 Å². The molecule has 1 saturated carbocycles. The van der Waals surface area contributed by atoms with Gasteiger partial charge in [0.1, 0.15) is 17.4 Å². The number of alkyl halides is 3. The van der Waals surface area contributed by atoms with Crippen molar-refractivity contribution in [1.29, 1.82) is 0 Å². The molecule has 4 rings (SSSR count). The summed E-state index contributed by atoms with van der Waals surface area (Å²) in [4.78, 5) is 0. The van der Waals surface area contributed by atoms with Gasteiger partial charge >= 0.3 is 6.36 Å². The third-order valence-corrected chi connectivity index (χ3v) is 6.78. The Labute approximate surface area is 185 Å². The monoisotopic (exact) mass is 450 g/mol. The number of unbranched alkanes of at least 4 members (excludes halogenated alkanes) is 1. The molecule has 0 aliphatic heterocycles. The molecule has 32 heavy (non-hydrogen) atoms. The Bertz CT molecular complexity index is 977. The van der Waals surface area contributed by atoms with Gasteiger partial charge in [-0.3, -0.25) is 0 Å². The van der Waals surface area contributed by atoms with Crippen LogP contribution in [0.3, 0.4) is 0 Å². The van der Waals surface area contributed by atoms with E-state index in [9.17, 15) is 13.2 Å². The molecule has 0 unspecified atom stereocenters. The van der Waals surface area contributed by atoms with Crippen LogP contribution in [0.25, 0.3) is 11.1 Å². The quantitative estimate of drug-likeness (QED) is 0.329. The normalized spacial score (nSPS) is 23.1. The highest BCUT2D eigenvalue weighted by atomic mass is 19.4. The largest absolute Gasteiger partial charge is 0.573 e. The van der Waals surface area contributed by atoms with Crippen LogP contribution in [0.15, 0.2) is 42.5 Å². The molecule has 2 aliphatic rings. The summed E-state index contributed by atoms with van der Waals surface area (Å²) in [5.41, 5.74) is 1.34. The van der Waals surface area contributed by atoms with Gasteiger partial charge in [-0.25, -0.2) is 8.78 Å². The maximum atomic E-state index is 15.5. The first-order chi connectivity index (χ1) is 15.3. The average Bonchev–Trinajstić information content (AvgIpc) is 2.74. The molecule has 2 aliphatic carbocycles. The van der Waals surface area contributed by atoms with E-state index < -0.39 is 23.7 Å². The van der Waals surface area contributed by atoms with E-state index in [-0.39, 0.29) is 17.0 Å². The van der Waals surface area contributed by atoms with Crippen LogP contribution in [0, 0.1) is 23.5 Å². The van der Waals surface area contributed by atoms with Crippen LogP contribution in [0.1, 0.15) is 62.5 Å². The first-order valence-corrected chi connectivity index (χ1v) is 11.3. The lowest BCUT2D eigenvalue weighted by Gasteiger charge is -2.40. The van der Waals surface area contributed by atoms with Gasteiger partial charge in [0.25, 0.3) is 0 Å². The second-order valence-electron chi connectivity index (χ2n) is 8.88. The lowest BCUT2D eigenvalue weighted by molar-refractivity contribution is -0.274. The third kappa shape index (κ3) is 4.84. The van der Waals surface area contributed by atoms with E-state index in [2.05, 4.69) is 23.8 Å². The maximum absolute atomic E-state index is 15.5. The van der Waals surface area contributed by atoms with Crippen LogP contribution < -0.4 is 4.74 Å². The number of hydrogen-bond donors (Lipinski definition) is 0. The van der Waals surface area contributed by atoms with Crippen LogP contribution in [-0.2, 0) is 6.42 Å². The fraction of sp³-hybridized carbons (Fsp3) is 0.462. The molecule has 0 amide bonds. The number of allylic oxidation sites excluding steroid dienone is 2. The predicted octanol–water partition coefficient (Wildman–Crippen LogP) is 8.33. The molecule has 0 bridgehead atoms. The maximum Gasteiger partial charge on any atom is 0.573 e. The minimum Gasteiger partial charge on any atom is -0.406 e. The van der Waals surface area contributed by atoms with E-state index in [1.165, 1.54) is 18.2 Å². The van der Waals surface area contributed by atoms with Crippen molar-refractivity contribution in [2.24, 2.45) is 11.8 Å². The van der Waals surface area contributed by atoms with Gasteiger partial charge in [0.2, 0.25) is 0 Å². The van der Waals surface area contributed by atoms with Crippen molar-refractivity contribution in [3.8, 4) is 16.9 Å². The Hall–Kier alpha value is -2.37. The molecule has 0 heterocycles. The number of fused-ring (bicyclic) bond motifs is 3. The zero-order valence-electron chi connectivity index (χ0n) is 18.0. The molecule has 0 aromatic heterocycles. The SMILES string of the molecule is CCC/C=C/[C@@H]1CC[C@@H]2c3cc(F)c(-c4ccc(OC(F)(F)F)cc4)c(F)c3CC[C@@H]2C1. The van der Waals surface area contributed by atoms with Gasteiger partial charge in [-0.05, 0) is 91.2 Å². The molecule has 0 spiro atoms. The van der Waals surface area contributed by atoms with Crippen LogP contribution in [0.4, 0.5) is 22.0 Å². The number of hydrogen-bond acceptors (Lipinski definition) is 1. The van der Waals surface area contributed by atoms with E-state index in [4.69, 9.17) is 0 Å². The number of halogens is 5. The van der Waals surface area contributed by atoms with Crippen molar-refractivity contribution in [3.63, 3.8) is 0 Å². The van der Waals surface area contributed by atoms with E-state index in [1.54, 1.807) is 0 Å². The van der Waals surface area contributed by atoms with Crippen molar-refractivity contribution in [3.05, 3.63) is 65.2 Å². The van der Waals surface area contributed by atoms with Crippen LogP contribution in [0.5, 0.6) is 5.75 Å². The highest BCUT2D eigenvalue weighted by Gasteiger charge is 2.37. The lowest BCUT2D eigenvalue weighted by Crippen LogP contribution is -2.28. The fourth-order valence-electron chi connectivity index (χ4n) is 5.34. The predicted molar refractivity (Wildman–Crippen MR) is 114 cm³/mol. The summed E-state index contributed by atoms with van der Waals surface area (Å²) >= 11 is 0. The molecule has 0 N–H and O–H groups in total. The highest BCUT2D eigenvalue weighted by molar-refractivity contribution is 5.68. The van der Waals surface area contributed by atoms with E-state index >= 15 is 8.78 Å². The summed E-state index contributed by atoms with van der Waals surface area (Å²) in [5, 5.41) is 0. The zero-order chi connectivity index (χ0) is 22.9. The Morgan fingerprint density at radius 1 is 1.06 bits per heavy atom. The minimum atomic E-state index is -4.81. The first kappa shape index (κ1) is 22.8. The van der Waals surface area contributed by atoms with Gasteiger partial charge in [0, 0.05) is 0 Å². The summed E-state index contributed by atoms with van der Waals surface area (Å²) in [5.74, 6) is -0.557. The molecule has 0 radical (unpaired) electrons. The molecule has 0 saturated heterocycles. The summed E-state index contributed by atoms with van der Waals surface area (Å²) in [7, 11) is 0. The number of ether oxygens (including phenoxy) is 1. The molecular formula is C26H27F5O.